The maximum atomic E-state index is 10.8. The first kappa shape index (κ1) is 11.4. The van der Waals surface area contributed by atoms with Gasteiger partial charge in [-0.05, 0) is 6.92 Å². The highest BCUT2D eigenvalue weighted by Crippen LogP contribution is 2.35. The van der Waals surface area contributed by atoms with Crippen molar-refractivity contribution in [3.8, 4) is 0 Å². The zero-order valence-electron chi connectivity index (χ0n) is 7.03. The van der Waals surface area contributed by atoms with Gasteiger partial charge in [-0.1, -0.05) is 6.58 Å². The maximum Gasteiger partial charge on any atom is 0.326 e. The van der Waals surface area contributed by atoms with Crippen LogP contribution in [-0.4, -0.2) is 24.2 Å². The van der Waals surface area contributed by atoms with E-state index in [4.69, 9.17) is 4.89 Å². The van der Waals surface area contributed by atoms with Gasteiger partial charge in [0.05, 0.1) is 0 Å². The van der Waals surface area contributed by atoms with Gasteiger partial charge < -0.3 is 10.2 Å². The van der Waals surface area contributed by atoms with Crippen LogP contribution in [0.4, 0.5) is 0 Å². The van der Waals surface area contributed by atoms with Crippen molar-refractivity contribution >= 4 is 13.5 Å². The molecule has 0 radical (unpaired) electrons. The zero-order chi connectivity index (χ0) is 9.78. The van der Waals surface area contributed by atoms with Gasteiger partial charge in [0.2, 0.25) is 5.91 Å². The van der Waals surface area contributed by atoms with Crippen LogP contribution in [0.3, 0.4) is 0 Å². The summed E-state index contributed by atoms with van der Waals surface area (Å²) in [5.74, 6) is -0.400. The molecule has 0 fully saturated rings. The molecular weight excluding hydrogens is 181 g/mol. The van der Waals surface area contributed by atoms with E-state index >= 15 is 0 Å². The van der Waals surface area contributed by atoms with Gasteiger partial charge in [0.25, 0.3) is 0 Å². The minimum absolute atomic E-state index is 0.282. The Morgan fingerprint density at radius 1 is 1.75 bits per heavy atom. The molecule has 2 N–H and O–H groups in total. The number of hydrogen-bond donors (Lipinski definition) is 2. The third-order valence-electron chi connectivity index (χ3n) is 0.924. The molecule has 0 aromatic heterocycles. The van der Waals surface area contributed by atoms with Crippen molar-refractivity contribution in [1.82, 2.24) is 5.32 Å². The minimum atomic E-state index is -3.50. The van der Waals surface area contributed by atoms with Crippen LogP contribution in [0.25, 0.3) is 0 Å². The van der Waals surface area contributed by atoms with Gasteiger partial charge in [-0.15, -0.1) is 0 Å². The van der Waals surface area contributed by atoms with Crippen LogP contribution < -0.4 is 5.32 Å². The Balaban J connectivity index is 3.65. The fourth-order valence-electron chi connectivity index (χ4n) is 0.368. The molecule has 0 aliphatic rings. The molecule has 6 heteroatoms. The van der Waals surface area contributed by atoms with Crippen molar-refractivity contribution in [2.45, 2.75) is 6.92 Å². The second-order valence-corrected chi connectivity index (χ2v) is 4.23. The molecule has 5 nitrogen and oxygen atoms in total. The summed E-state index contributed by atoms with van der Waals surface area (Å²) < 4.78 is 14.9. The Morgan fingerprint density at radius 3 is 2.58 bits per heavy atom. The van der Waals surface area contributed by atoms with Crippen molar-refractivity contribution in [3.05, 3.63) is 12.2 Å². The lowest BCUT2D eigenvalue weighted by atomic mass is 10.3. The fraction of sp³-hybridized carbons (Fsp3) is 0.500. The van der Waals surface area contributed by atoms with E-state index in [0.29, 0.717) is 5.57 Å². The van der Waals surface area contributed by atoms with Crippen LogP contribution in [0, 0.1) is 0 Å². The average molecular weight is 193 g/mol. The van der Waals surface area contributed by atoms with E-state index < -0.39 is 13.5 Å². The van der Waals surface area contributed by atoms with Gasteiger partial charge >= 0.3 is 7.60 Å². The predicted octanol–water partition coefficient (Wildman–Crippen LogP) is 0.468. The summed E-state index contributed by atoms with van der Waals surface area (Å²) in [7, 11) is -3.50. The molecule has 12 heavy (non-hydrogen) atoms. The van der Waals surface area contributed by atoms with Crippen LogP contribution in [0.5, 0.6) is 0 Å². The number of amides is 1. The number of carbonyl (C=O) groups is 1. The molecule has 70 valence electrons. The van der Waals surface area contributed by atoms with Crippen LogP contribution in [0.2, 0.25) is 0 Å². The molecule has 0 spiro atoms. The zero-order valence-corrected chi connectivity index (χ0v) is 7.93. The second-order valence-electron chi connectivity index (χ2n) is 2.36. The van der Waals surface area contributed by atoms with E-state index in [9.17, 15) is 9.36 Å². The fourth-order valence-corrected chi connectivity index (χ4v) is 0.673. The quantitative estimate of drug-likeness (QED) is 0.386. The van der Waals surface area contributed by atoms with E-state index in [2.05, 4.69) is 16.4 Å². The Bertz CT molecular complexity index is 232. The van der Waals surface area contributed by atoms with Gasteiger partial charge in [0.1, 0.15) is 6.73 Å². The molecule has 1 atom stereocenters. The monoisotopic (exact) mass is 193 g/mol. The number of rotatable bonds is 4. The van der Waals surface area contributed by atoms with Gasteiger partial charge in [-0.2, -0.15) is 0 Å². The molecule has 0 aromatic rings. The normalized spacial score (nSPS) is 14.9. The summed E-state index contributed by atoms with van der Waals surface area (Å²) in [5.41, 5.74) is 0.322. The van der Waals surface area contributed by atoms with E-state index in [-0.39, 0.29) is 6.73 Å². The van der Waals surface area contributed by atoms with Crippen molar-refractivity contribution in [3.63, 3.8) is 0 Å². The standard InChI is InChI=1S/C6H12NO4P/c1-5(2)6(8)7-4-11-12(3,9)10/h1,4H2,2-3H3,(H,7,8)(H,9,10). The lowest BCUT2D eigenvalue weighted by Crippen LogP contribution is -2.25. The summed E-state index contributed by atoms with van der Waals surface area (Å²) in [6.45, 7) is 5.66. The highest BCUT2D eigenvalue weighted by molar-refractivity contribution is 7.51. The predicted molar refractivity (Wildman–Crippen MR) is 44.7 cm³/mol. The van der Waals surface area contributed by atoms with E-state index in [1.54, 1.807) is 0 Å². The Hall–Kier alpha value is -0.640. The molecule has 0 aliphatic carbocycles. The maximum absolute atomic E-state index is 10.8. The van der Waals surface area contributed by atoms with Crippen LogP contribution in [0.15, 0.2) is 12.2 Å². The first-order valence-electron chi connectivity index (χ1n) is 3.21. The SMILES string of the molecule is C=C(C)C(=O)NCOP(C)(=O)O. The van der Waals surface area contributed by atoms with E-state index in [1.807, 2.05) is 0 Å². The van der Waals surface area contributed by atoms with Gasteiger partial charge in [-0.25, -0.2) is 0 Å². The molecule has 1 amide bonds. The minimum Gasteiger partial charge on any atom is -0.329 e. The number of hydrogen-bond acceptors (Lipinski definition) is 3. The van der Waals surface area contributed by atoms with E-state index in [1.165, 1.54) is 6.92 Å². The van der Waals surface area contributed by atoms with Crippen molar-refractivity contribution in [2.75, 3.05) is 13.4 Å². The van der Waals surface area contributed by atoms with Gasteiger partial charge in [-0.3, -0.25) is 13.9 Å². The van der Waals surface area contributed by atoms with Gasteiger partial charge in [0, 0.05) is 12.2 Å². The molecule has 1 unspecified atom stereocenters. The molecule has 0 bridgehead atoms. The number of carbonyl (C=O) groups excluding carboxylic acids is 1. The van der Waals surface area contributed by atoms with E-state index in [0.717, 1.165) is 6.66 Å². The van der Waals surface area contributed by atoms with Crippen molar-refractivity contribution < 1.29 is 18.8 Å². The Morgan fingerprint density at radius 2 is 2.25 bits per heavy atom. The molecular formula is C6H12NO4P. The van der Waals surface area contributed by atoms with Crippen molar-refractivity contribution in [2.24, 2.45) is 0 Å². The Kier molecular flexibility index (Phi) is 4.17. The summed E-state index contributed by atoms with van der Waals surface area (Å²) >= 11 is 0. The third kappa shape index (κ3) is 6.09. The highest BCUT2D eigenvalue weighted by atomic mass is 31.2. The van der Waals surface area contributed by atoms with Crippen LogP contribution in [-0.2, 0) is 13.9 Å². The van der Waals surface area contributed by atoms with Crippen molar-refractivity contribution in [1.29, 1.82) is 0 Å². The lowest BCUT2D eigenvalue weighted by Gasteiger charge is -2.07. The Labute approximate surface area is 71.0 Å². The molecule has 0 aromatic carbocycles. The molecule has 0 heterocycles. The largest absolute Gasteiger partial charge is 0.329 e. The summed E-state index contributed by atoms with van der Waals surface area (Å²) in [5, 5.41) is 2.25. The van der Waals surface area contributed by atoms with Crippen LogP contribution >= 0.6 is 7.60 Å². The average Bonchev–Trinajstić information content (AvgIpc) is 1.84. The second kappa shape index (κ2) is 4.40. The van der Waals surface area contributed by atoms with Crippen LogP contribution in [0.1, 0.15) is 6.92 Å². The first-order chi connectivity index (χ1) is 5.33. The molecule has 0 saturated carbocycles. The third-order valence-corrected chi connectivity index (χ3v) is 1.53. The first-order valence-corrected chi connectivity index (χ1v) is 5.24. The summed E-state index contributed by atoms with van der Waals surface area (Å²) in [6.07, 6.45) is 0. The topological polar surface area (TPSA) is 75.6 Å². The molecule has 0 aliphatic heterocycles. The lowest BCUT2D eigenvalue weighted by molar-refractivity contribution is -0.118. The molecule has 0 saturated heterocycles. The number of nitrogens with one attached hydrogen (secondary N) is 1. The van der Waals surface area contributed by atoms with Gasteiger partial charge in [0.15, 0.2) is 0 Å². The highest BCUT2D eigenvalue weighted by Gasteiger charge is 2.10. The summed E-state index contributed by atoms with van der Waals surface area (Å²) in [6, 6.07) is 0. The molecule has 0 rings (SSSR count). The smallest absolute Gasteiger partial charge is 0.326 e. The summed E-state index contributed by atoms with van der Waals surface area (Å²) in [4.78, 5) is 19.4.